The van der Waals surface area contributed by atoms with Gasteiger partial charge < -0.3 is 16.4 Å². The van der Waals surface area contributed by atoms with Gasteiger partial charge in [-0.3, -0.25) is 4.55 Å². The topological polar surface area (TPSA) is 135 Å². The number of nitrogens with zero attached hydrogens (tertiary/aromatic N) is 3. The molecule has 0 radical (unpaired) electrons. The van der Waals surface area contributed by atoms with Gasteiger partial charge in [-0.25, -0.2) is 9.50 Å². The van der Waals surface area contributed by atoms with E-state index in [-0.39, 0.29) is 10.9 Å². The van der Waals surface area contributed by atoms with Crippen molar-refractivity contribution in [2.75, 3.05) is 10.6 Å². The van der Waals surface area contributed by atoms with Gasteiger partial charge in [0.25, 0.3) is 10.1 Å². The van der Waals surface area contributed by atoms with Crippen LogP contribution in [0.3, 0.4) is 0 Å². The molecular formula is C18H22N6O3S. The molecule has 0 bridgehead atoms. The highest BCUT2D eigenvalue weighted by Crippen LogP contribution is 2.26. The third-order valence-electron chi connectivity index (χ3n) is 4.91. The number of aromatic nitrogens is 3. The molecule has 0 atom stereocenters. The summed E-state index contributed by atoms with van der Waals surface area (Å²) in [5.41, 5.74) is 8.02. The van der Waals surface area contributed by atoms with Crippen LogP contribution in [0.4, 0.5) is 17.2 Å². The van der Waals surface area contributed by atoms with Gasteiger partial charge in [0.2, 0.25) is 0 Å². The summed E-state index contributed by atoms with van der Waals surface area (Å²) < 4.78 is 33.2. The summed E-state index contributed by atoms with van der Waals surface area (Å²) in [5, 5.41) is 11.3. The second-order valence-corrected chi connectivity index (χ2v) is 8.44. The fraction of sp³-hybridized carbons (Fsp3) is 0.333. The lowest BCUT2D eigenvalue weighted by atomic mass is 9.92. The van der Waals surface area contributed by atoms with Crippen molar-refractivity contribution >= 4 is 33.0 Å². The Hall–Kier alpha value is -2.69. The number of fused-ring (bicyclic) bond motifs is 1. The minimum Gasteiger partial charge on any atom is -0.366 e. The normalized spacial score (nSPS) is 20.2. The lowest BCUT2D eigenvalue weighted by Gasteiger charge is -2.27. The average molecular weight is 402 g/mol. The first kappa shape index (κ1) is 18.7. The first-order valence-electron chi connectivity index (χ1n) is 9.09. The molecule has 2 aromatic heterocycles. The third kappa shape index (κ3) is 4.08. The summed E-state index contributed by atoms with van der Waals surface area (Å²) in [4.78, 5) is 4.17. The zero-order valence-corrected chi connectivity index (χ0v) is 15.9. The van der Waals surface area contributed by atoms with Crippen LogP contribution >= 0.6 is 0 Å². The van der Waals surface area contributed by atoms with Crippen molar-refractivity contribution in [1.29, 1.82) is 0 Å². The van der Waals surface area contributed by atoms with Gasteiger partial charge in [0, 0.05) is 36.2 Å². The molecule has 0 unspecified atom stereocenters. The van der Waals surface area contributed by atoms with E-state index in [1.54, 1.807) is 29.0 Å². The van der Waals surface area contributed by atoms with Gasteiger partial charge in [0.1, 0.15) is 5.82 Å². The molecule has 0 amide bonds. The Labute approximate surface area is 162 Å². The molecule has 28 heavy (non-hydrogen) atoms. The molecule has 3 aromatic rings. The molecule has 1 aliphatic carbocycles. The Morgan fingerprint density at radius 1 is 1.14 bits per heavy atom. The number of imidazole rings is 1. The predicted octanol–water partition coefficient (Wildman–Crippen LogP) is 2.40. The van der Waals surface area contributed by atoms with Crippen molar-refractivity contribution in [3.63, 3.8) is 0 Å². The van der Waals surface area contributed by atoms with Gasteiger partial charge >= 0.3 is 0 Å². The quantitative estimate of drug-likeness (QED) is 0.478. The first-order valence-corrected chi connectivity index (χ1v) is 10.5. The van der Waals surface area contributed by atoms with Crippen LogP contribution < -0.4 is 16.4 Å². The van der Waals surface area contributed by atoms with Gasteiger partial charge in [-0.2, -0.15) is 8.42 Å². The van der Waals surface area contributed by atoms with E-state index in [2.05, 4.69) is 20.7 Å². The van der Waals surface area contributed by atoms with Crippen molar-refractivity contribution in [2.45, 2.75) is 42.7 Å². The first-order chi connectivity index (χ1) is 13.4. The fourth-order valence-corrected chi connectivity index (χ4v) is 3.90. The maximum Gasteiger partial charge on any atom is 0.294 e. The number of nitrogens with two attached hydrogens (primary N) is 1. The van der Waals surface area contributed by atoms with E-state index >= 15 is 0 Å². The smallest absolute Gasteiger partial charge is 0.294 e. The van der Waals surface area contributed by atoms with Crippen LogP contribution in [0.25, 0.3) is 5.65 Å². The Morgan fingerprint density at radius 2 is 1.86 bits per heavy atom. The molecule has 10 heteroatoms. The van der Waals surface area contributed by atoms with Crippen LogP contribution in [-0.4, -0.2) is 39.7 Å². The standard InChI is InChI=1S/C18H22N6O3S/c19-12-1-3-14(4-2-12)22-17-11-16(18-20-9-10-24(18)23-17)21-13-5-7-15(8-6-13)28(25,26)27/h5-12,14,21H,1-4,19H2,(H,22,23)(H,25,26,27)/t12-,14-. The summed E-state index contributed by atoms with van der Waals surface area (Å²) in [6.07, 6.45) is 7.43. The molecule has 5 N–H and O–H groups in total. The Morgan fingerprint density at radius 3 is 2.54 bits per heavy atom. The molecule has 2 heterocycles. The molecule has 9 nitrogen and oxygen atoms in total. The number of hydrogen-bond acceptors (Lipinski definition) is 7. The number of benzene rings is 1. The summed E-state index contributed by atoms with van der Waals surface area (Å²) in [6, 6.07) is 8.34. The highest BCUT2D eigenvalue weighted by molar-refractivity contribution is 7.85. The van der Waals surface area contributed by atoms with Crippen molar-refractivity contribution in [2.24, 2.45) is 5.73 Å². The SMILES string of the molecule is N[C@H]1CC[C@H](Nc2cc(Nc3ccc(S(=O)(=O)O)cc3)c3nccn3n2)CC1. The molecule has 0 aliphatic heterocycles. The molecule has 1 aromatic carbocycles. The van der Waals surface area contributed by atoms with Crippen LogP contribution in [0.5, 0.6) is 0 Å². The van der Waals surface area contributed by atoms with E-state index in [1.165, 1.54) is 12.1 Å². The molecule has 0 spiro atoms. The number of nitrogens with one attached hydrogen (secondary N) is 2. The molecule has 0 saturated heterocycles. The van der Waals surface area contributed by atoms with Gasteiger partial charge in [0.15, 0.2) is 5.65 Å². The minimum absolute atomic E-state index is 0.156. The van der Waals surface area contributed by atoms with Crippen molar-refractivity contribution in [3.8, 4) is 0 Å². The lowest BCUT2D eigenvalue weighted by Crippen LogP contribution is -2.33. The molecule has 1 saturated carbocycles. The lowest BCUT2D eigenvalue weighted by molar-refractivity contribution is 0.410. The second-order valence-electron chi connectivity index (χ2n) is 7.02. The molecule has 1 aliphatic rings. The monoisotopic (exact) mass is 402 g/mol. The summed E-state index contributed by atoms with van der Waals surface area (Å²) in [5.74, 6) is 0.725. The summed E-state index contributed by atoms with van der Waals surface area (Å²) in [7, 11) is -4.22. The fourth-order valence-electron chi connectivity index (χ4n) is 3.42. The van der Waals surface area contributed by atoms with Gasteiger partial charge in [-0.15, -0.1) is 5.10 Å². The summed E-state index contributed by atoms with van der Waals surface area (Å²) >= 11 is 0. The van der Waals surface area contributed by atoms with E-state index < -0.39 is 10.1 Å². The van der Waals surface area contributed by atoms with Crippen molar-refractivity contribution < 1.29 is 13.0 Å². The Balaban J connectivity index is 1.58. The predicted molar refractivity (Wildman–Crippen MR) is 106 cm³/mol. The van der Waals surface area contributed by atoms with E-state index in [0.717, 1.165) is 37.2 Å². The van der Waals surface area contributed by atoms with Crippen LogP contribution in [0, 0.1) is 0 Å². The van der Waals surface area contributed by atoms with Gasteiger partial charge in [-0.1, -0.05) is 0 Å². The molecule has 1 fully saturated rings. The van der Waals surface area contributed by atoms with Gasteiger partial charge in [0.05, 0.1) is 10.6 Å². The van der Waals surface area contributed by atoms with Crippen LogP contribution in [0.15, 0.2) is 47.6 Å². The third-order valence-corrected chi connectivity index (χ3v) is 5.78. The van der Waals surface area contributed by atoms with Crippen molar-refractivity contribution in [1.82, 2.24) is 14.6 Å². The van der Waals surface area contributed by atoms with E-state index in [0.29, 0.717) is 17.4 Å². The average Bonchev–Trinajstić information content (AvgIpc) is 3.12. The molecule has 4 rings (SSSR count). The zero-order valence-electron chi connectivity index (χ0n) is 15.1. The highest BCUT2D eigenvalue weighted by Gasteiger charge is 2.19. The second kappa shape index (κ2) is 7.38. The van der Waals surface area contributed by atoms with Crippen LogP contribution in [-0.2, 0) is 10.1 Å². The van der Waals surface area contributed by atoms with Crippen LogP contribution in [0.1, 0.15) is 25.7 Å². The number of rotatable bonds is 5. The van der Waals surface area contributed by atoms with E-state index in [1.807, 2.05) is 6.07 Å². The summed E-state index contributed by atoms with van der Waals surface area (Å²) in [6.45, 7) is 0. The molecule has 148 valence electrons. The maximum atomic E-state index is 11.2. The Kier molecular flexibility index (Phi) is 4.92. The highest BCUT2D eigenvalue weighted by atomic mass is 32.2. The number of hydrogen-bond donors (Lipinski definition) is 4. The molecular weight excluding hydrogens is 380 g/mol. The van der Waals surface area contributed by atoms with E-state index in [9.17, 15) is 8.42 Å². The van der Waals surface area contributed by atoms with Crippen LogP contribution in [0.2, 0.25) is 0 Å². The largest absolute Gasteiger partial charge is 0.366 e. The number of anilines is 3. The zero-order chi connectivity index (χ0) is 19.7. The Bertz CT molecular complexity index is 1070. The van der Waals surface area contributed by atoms with E-state index in [4.69, 9.17) is 10.3 Å². The minimum atomic E-state index is -4.22. The van der Waals surface area contributed by atoms with Gasteiger partial charge in [-0.05, 0) is 49.9 Å². The maximum absolute atomic E-state index is 11.2. The van der Waals surface area contributed by atoms with Crippen molar-refractivity contribution in [3.05, 3.63) is 42.7 Å².